The summed E-state index contributed by atoms with van der Waals surface area (Å²) >= 11 is 1.11. The average molecular weight is 192 g/mol. The normalized spacial score (nSPS) is 19.2. The number of carbonyl (C=O) groups is 1. The van der Waals surface area contributed by atoms with Gasteiger partial charge in [0.05, 0.1) is 0 Å². The number of hydrogen-bond donors (Lipinski definition) is 0. The SMILES string of the molecule is O=C([CH2][Zn])N1CCCCC1. The van der Waals surface area contributed by atoms with Gasteiger partial charge in [-0.1, -0.05) is 0 Å². The van der Waals surface area contributed by atoms with Crippen LogP contribution in [0.15, 0.2) is 0 Å². The van der Waals surface area contributed by atoms with Gasteiger partial charge in [0, 0.05) is 0 Å². The Kier molecular flexibility index (Phi) is 3.34. The molecule has 10 heavy (non-hydrogen) atoms. The van der Waals surface area contributed by atoms with Crippen LogP contribution in [0.1, 0.15) is 19.3 Å². The van der Waals surface area contributed by atoms with Gasteiger partial charge in [-0.05, 0) is 0 Å². The predicted octanol–water partition coefficient (Wildman–Crippen LogP) is 0.964. The first-order chi connectivity index (χ1) is 4.84. The molecule has 53 valence electrons. The summed E-state index contributed by atoms with van der Waals surface area (Å²) in [6.45, 7) is 2.03. The molecular weight excluding hydrogens is 179 g/mol. The van der Waals surface area contributed by atoms with E-state index in [1.54, 1.807) is 0 Å². The first kappa shape index (κ1) is 8.19. The molecule has 2 nitrogen and oxygen atoms in total. The Morgan fingerprint density at radius 2 is 1.90 bits per heavy atom. The molecule has 1 fully saturated rings. The van der Waals surface area contributed by atoms with Crippen molar-refractivity contribution in [1.82, 2.24) is 4.90 Å². The van der Waals surface area contributed by atoms with Crippen molar-refractivity contribution in [3.05, 3.63) is 0 Å². The van der Waals surface area contributed by atoms with Crippen molar-refractivity contribution < 1.29 is 23.1 Å². The van der Waals surface area contributed by atoms with Crippen LogP contribution in [0.25, 0.3) is 0 Å². The molecule has 1 amide bonds. The van der Waals surface area contributed by atoms with E-state index in [2.05, 4.69) is 0 Å². The van der Waals surface area contributed by atoms with Crippen LogP contribution < -0.4 is 0 Å². The van der Waals surface area contributed by atoms with Gasteiger partial charge >= 0.3 is 71.3 Å². The first-order valence-electron chi connectivity index (χ1n) is 3.91. The molecule has 1 rings (SSSR count). The summed E-state index contributed by atoms with van der Waals surface area (Å²) < 4.78 is 0. The molecule has 0 aromatic rings. The van der Waals surface area contributed by atoms with Crippen molar-refractivity contribution in [3.63, 3.8) is 0 Å². The molecule has 0 unspecified atom stereocenters. The van der Waals surface area contributed by atoms with E-state index in [0.29, 0.717) is 5.91 Å². The average Bonchev–Trinajstić information content (AvgIpc) is 2.05. The van der Waals surface area contributed by atoms with Gasteiger partial charge in [0.1, 0.15) is 0 Å². The van der Waals surface area contributed by atoms with Crippen LogP contribution in [-0.2, 0) is 23.1 Å². The van der Waals surface area contributed by atoms with Crippen molar-refractivity contribution >= 4 is 5.91 Å². The van der Waals surface area contributed by atoms with Crippen LogP contribution in [-0.4, -0.2) is 23.9 Å². The number of nitrogens with zero attached hydrogens (tertiary/aromatic N) is 1. The number of piperidine rings is 1. The topological polar surface area (TPSA) is 20.3 Å². The van der Waals surface area contributed by atoms with E-state index in [1.165, 1.54) is 19.3 Å². The van der Waals surface area contributed by atoms with Gasteiger partial charge in [-0.25, -0.2) is 0 Å². The Bertz CT molecular complexity index is 121. The quantitative estimate of drug-likeness (QED) is 0.566. The Morgan fingerprint density at radius 3 is 2.40 bits per heavy atom. The van der Waals surface area contributed by atoms with Gasteiger partial charge < -0.3 is 0 Å². The molecular formula is C7H12NOZn. The zero-order valence-electron chi connectivity index (χ0n) is 6.31. The zero-order chi connectivity index (χ0) is 7.40. The Hall–Kier alpha value is 0.0934. The fourth-order valence-electron chi connectivity index (χ4n) is 1.30. The van der Waals surface area contributed by atoms with Crippen LogP contribution in [0.2, 0.25) is 5.02 Å². The summed E-state index contributed by atoms with van der Waals surface area (Å²) in [7, 11) is 0. The molecule has 0 atom stereocenters. The van der Waals surface area contributed by atoms with Crippen molar-refractivity contribution in [2.75, 3.05) is 13.1 Å². The molecule has 0 saturated carbocycles. The van der Waals surface area contributed by atoms with Crippen LogP contribution >= 0.6 is 0 Å². The minimum atomic E-state index is 0.375. The monoisotopic (exact) mass is 190 g/mol. The van der Waals surface area contributed by atoms with Gasteiger partial charge in [0.25, 0.3) is 0 Å². The molecule has 0 aromatic heterocycles. The fraction of sp³-hybridized carbons (Fsp3) is 0.857. The molecule has 0 aliphatic carbocycles. The summed E-state index contributed by atoms with van der Waals surface area (Å²) in [5, 5.41) is 0.792. The van der Waals surface area contributed by atoms with E-state index in [-0.39, 0.29) is 0 Å². The maximum atomic E-state index is 11.1. The van der Waals surface area contributed by atoms with E-state index < -0.39 is 0 Å². The summed E-state index contributed by atoms with van der Waals surface area (Å²) in [4.78, 5) is 13.1. The number of rotatable bonds is 1. The molecule has 0 N–H and O–H groups in total. The second-order valence-corrected chi connectivity index (χ2v) is 3.74. The third kappa shape index (κ3) is 2.05. The molecule has 1 aliphatic heterocycles. The van der Waals surface area contributed by atoms with Crippen molar-refractivity contribution in [3.8, 4) is 0 Å². The van der Waals surface area contributed by atoms with E-state index in [9.17, 15) is 4.79 Å². The molecule has 0 spiro atoms. The third-order valence-electron chi connectivity index (χ3n) is 1.92. The van der Waals surface area contributed by atoms with Gasteiger partial charge in [-0.2, -0.15) is 0 Å². The fourth-order valence-corrected chi connectivity index (χ4v) is 1.96. The van der Waals surface area contributed by atoms with Crippen LogP contribution in [0.4, 0.5) is 0 Å². The first-order valence-corrected chi connectivity index (χ1v) is 6.01. The van der Waals surface area contributed by atoms with Gasteiger partial charge in [-0.15, -0.1) is 0 Å². The Balaban J connectivity index is 2.31. The molecule has 1 heterocycles. The molecule has 0 radical (unpaired) electrons. The summed E-state index contributed by atoms with van der Waals surface area (Å²) in [6, 6.07) is 0. The van der Waals surface area contributed by atoms with E-state index >= 15 is 0 Å². The number of likely N-dealkylation sites (tertiary alicyclic amines) is 1. The standard InChI is InChI=1S/C7H12NO.Zn/c1-7(9)8-5-3-2-4-6-8;/h1-6H2;. The van der Waals surface area contributed by atoms with Crippen molar-refractivity contribution in [2.24, 2.45) is 0 Å². The maximum absolute atomic E-state index is 11.1. The summed E-state index contributed by atoms with van der Waals surface area (Å²) in [5.41, 5.74) is 0. The van der Waals surface area contributed by atoms with Crippen molar-refractivity contribution in [1.29, 1.82) is 0 Å². The number of hydrogen-bond acceptors (Lipinski definition) is 1. The predicted molar refractivity (Wildman–Crippen MR) is 35.2 cm³/mol. The van der Waals surface area contributed by atoms with Crippen LogP contribution in [0.3, 0.4) is 0 Å². The molecule has 0 bridgehead atoms. The number of carbonyl (C=O) groups excluding carboxylic acids is 1. The molecule has 1 aliphatic rings. The second kappa shape index (κ2) is 4.07. The van der Waals surface area contributed by atoms with Crippen LogP contribution in [0, 0.1) is 0 Å². The minimum absolute atomic E-state index is 0.375. The zero-order valence-corrected chi connectivity index (χ0v) is 9.27. The van der Waals surface area contributed by atoms with Gasteiger partial charge in [0.2, 0.25) is 0 Å². The Morgan fingerprint density at radius 1 is 1.30 bits per heavy atom. The van der Waals surface area contributed by atoms with E-state index in [4.69, 9.17) is 0 Å². The van der Waals surface area contributed by atoms with Crippen LogP contribution in [0.5, 0.6) is 0 Å². The second-order valence-electron chi connectivity index (χ2n) is 2.69. The number of amides is 1. The van der Waals surface area contributed by atoms with Gasteiger partial charge in [-0.3, -0.25) is 0 Å². The van der Waals surface area contributed by atoms with Gasteiger partial charge in [0.15, 0.2) is 0 Å². The third-order valence-corrected chi connectivity index (χ3v) is 2.82. The summed E-state index contributed by atoms with van der Waals surface area (Å²) in [5.74, 6) is 0.375. The van der Waals surface area contributed by atoms with Crippen molar-refractivity contribution in [2.45, 2.75) is 24.3 Å². The Labute approximate surface area is 71.6 Å². The van der Waals surface area contributed by atoms with E-state index in [0.717, 1.165) is 36.4 Å². The summed E-state index contributed by atoms with van der Waals surface area (Å²) in [6.07, 6.45) is 3.74. The molecule has 0 aromatic carbocycles. The molecule has 3 heteroatoms. The van der Waals surface area contributed by atoms with E-state index in [1.807, 2.05) is 4.90 Å². The molecule has 1 saturated heterocycles.